The van der Waals surface area contributed by atoms with E-state index in [1.165, 1.54) is 18.9 Å². The molecule has 1 aromatic carbocycles. The van der Waals surface area contributed by atoms with Crippen molar-refractivity contribution in [1.82, 2.24) is 5.32 Å². The van der Waals surface area contributed by atoms with Crippen LogP contribution in [0.1, 0.15) is 37.0 Å². The zero-order valence-electron chi connectivity index (χ0n) is 16.6. The number of furan rings is 1. The highest BCUT2D eigenvalue weighted by molar-refractivity contribution is 6.39. The number of urea groups is 1. The Morgan fingerprint density at radius 1 is 1.03 bits per heavy atom. The second-order valence-corrected chi connectivity index (χ2v) is 7.83. The Bertz CT molecular complexity index is 1030. The Hall–Kier alpha value is -3.06. The minimum absolute atomic E-state index is 0.175. The number of nitrogens with zero attached hydrogens (tertiary/aromatic N) is 2. The topological polar surface area (TPSA) is 82.9 Å². The Labute approximate surface area is 179 Å². The highest BCUT2D eigenvalue weighted by Crippen LogP contribution is 2.30. The minimum atomic E-state index is -0.808. The molecular weight excluding hydrogens is 406 g/mol. The van der Waals surface area contributed by atoms with Crippen LogP contribution >= 0.6 is 11.6 Å². The van der Waals surface area contributed by atoms with Gasteiger partial charge in [-0.15, -0.1) is 0 Å². The average molecular weight is 428 g/mol. The smallest absolute Gasteiger partial charge is 0.335 e. The number of rotatable bonds is 3. The molecule has 0 radical (unpaired) electrons. The zero-order valence-corrected chi connectivity index (χ0v) is 17.4. The van der Waals surface area contributed by atoms with E-state index in [0.29, 0.717) is 27.9 Å². The molecule has 1 N–H and O–H groups in total. The Balaban J connectivity index is 1.64. The Kier molecular flexibility index (Phi) is 5.63. The molecule has 7 nitrogen and oxygen atoms in total. The van der Waals surface area contributed by atoms with Gasteiger partial charge in [-0.25, -0.2) is 9.69 Å². The maximum absolute atomic E-state index is 13.0. The van der Waals surface area contributed by atoms with Gasteiger partial charge in [0.2, 0.25) is 0 Å². The molecule has 2 aliphatic rings. The largest absolute Gasteiger partial charge is 0.441 e. The fraction of sp³-hybridized carbons (Fsp3) is 0.318. The molecule has 0 saturated carbocycles. The van der Waals surface area contributed by atoms with Crippen LogP contribution in [-0.2, 0) is 9.59 Å². The summed E-state index contributed by atoms with van der Waals surface area (Å²) in [6, 6.07) is 7.67. The van der Waals surface area contributed by atoms with Crippen LogP contribution in [0.3, 0.4) is 0 Å². The van der Waals surface area contributed by atoms with Gasteiger partial charge in [0.05, 0.1) is 5.69 Å². The number of barbiturate groups is 1. The number of amides is 4. The summed E-state index contributed by atoms with van der Waals surface area (Å²) >= 11 is 6.14. The molecule has 1 aromatic heterocycles. The Morgan fingerprint density at radius 3 is 2.50 bits per heavy atom. The fourth-order valence-corrected chi connectivity index (χ4v) is 3.91. The predicted molar refractivity (Wildman–Crippen MR) is 115 cm³/mol. The molecule has 30 heavy (non-hydrogen) atoms. The van der Waals surface area contributed by atoms with Crippen molar-refractivity contribution < 1.29 is 18.8 Å². The van der Waals surface area contributed by atoms with Gasteiger partial charge in [-0.05, 0) is 49.6 Å². The summed E-state index contributed by atoms with van der Waals surface area (Å²) in [4.78, 5) is 40.9. The molecule has 2 fully saturated rings. The van der Waals surface area contributed by atoms with E-state index in [2.05, 4.69) is 10.2 Å². The van der Waals surface area contributed by atoms with Crippen LogP contribution in [-0.4, -0.2) is 30.9 Å². The van der Waals surface area contributed by atoms with Crippen LogP contribution < -0.4 is 15.1 Å². The van der Waals surface area contributed by atoms with Crippen molar-refractivity contribution >= 4 is 47.1 Å². The first-order valence-corrected chi connectivity index (χ1v) is 10.3. The summed E-state index contributed by atoms with van der Waals surface area (Å²) in [7, 11) is 0. The van der Waals surface area contributed by atoms with Crippen LogP contribution in [0, 0.1) is 6.92 Å². The lowest BCUT2D eigenvalue weighted by Crippen LogP contribution is -2.54. The fourth-order valence-electron chi connectivity index (χ4n) is 3.74. The van der Waals surface area contributed by atoms with Gasteiger partial charge < -0.3 is 9.32 Å². The number of carbonyl (C=O) groups is 3. The lowest BCUT2D eigenvalue weighted by Gasteiger charge is -2.27. The molecule has 0 atom stereocenters. The first-order chi connectivity index (χ1) is 14.5. The van der Waals surface area contributed by atoms with Gasteiger partial charge in [0, 0.05) is 24.2 Å². The molecule has 2 aliphatic heterocycles. The molecule has 156 valence electrons. The minimum Gasteiger partial charge on any atom is -0.441 e. The number of carbonyl (C=O) groups excluding carboxylic acids is 3. The highest BCUT2D eigenvalue weighted by Gasteiger charge is 2.37. The van der Waals surface area contributed by atoms with E-state index < -0.39 is 17.8 Å². The van der Waals surface area contributed by atoms with Crippen LogP contribution in [0.5, 0.6) is 0 Å². The van der Waals surface area contributed by atoms with Crippen molar-refractivity contribution in [2.24, 2.45) is 0 Å². The quantitative estimate of drug-likeness (QED) is 0.583. The van der Waals surface area contributed by atoms with E-state index in [4.69, 9.17) is 16.0 Å². The van der Waals surface area contributed by atoms with Gasteiger partial charge in [0.15, 0.2) is 5.88 Å². The number of imide groups is 2. The standard InChI is InChI=1S/C22H22ClN3O4/c1-14-17(23)7-6-8-18(14)26-21(28)16(20(27)24-22(26)29)13-15-9-10-19(30-15)25-11-4-2-3-5-12-25/h6-10,13H,2-5,11-12H2,1H3,(H,24,27,29)/b16-13-. The van der Waals surface area contributed by atoms with Gasteiger partial charge >= 0.3 is 6.03 Å². The summed E-state index contributed by atoms with van der Waals surface area (Å²) in [5.41, 5.74) is 0.719. The number of anilines is 2. The average Bonchev–Trinajstić information content (AvgIpc) is 3.00. The van der Waals surface area contributed by atoms with E-state index in [1.807, 2.05) is 6.07 Å². The molecule has 8 heteroatoms. The van der Waals surface area contributed by atoms with Crippen molar-refractivity contribution in [2.45, 2.75) is 32.6 Å². The first kappa shape index (κ1) is 20.2. The summed E-state index contributed by atoms with van der Waals surface area (Å²) < 4.78 is 5.88. The van der Waals surface area contributed by atoms with Crippen molar-refractivity contribution in [2.75, 3.05) is 22.9 Å². The van der Waals surface area contributed by atoms with E-state index >= 15 is 0 Å². The molecule has 4 amide bonds. The van der Waals surface area contributed by atoms with Gasteiger partial charge in [0.25, 0.3) is 11.8 Å². The van der Waals surface area contributed by atoms with Crippen molar-refractivity contribution in [1.29, 1.82) is 0 Å². The van der Waals surface area contributed by atoms with Crippen LogP contribution in [0.15, 0.2) is 40.3 Å². The van der Waals surface area contributed by atoms with Gasteiger partial charge in [-0.1, -0.05) is 30.5 Å². The highest BCUT2D eigenvalue weighted by atomic mass is 35.5. The lowest BCUT2D eigenvalue weighted by molar-refractivity contribution is -0.122. The summed E-state index contributed by atoms with van der Waals surface area (Å²) in [5, 5.41) is 2.64. The molecular formula is C22H22ClN3O4. The van der Waals surface area contributed by atoms with E-state index in [-0.39, 0.29) is 5.57 Å². The maximum Gasteiger partial charge on any atom is 0.335 e. The third-order valence-corrected chi connectivity index (χ3v) is 5.81. The first-order valence-electron chi connectivity index (χ1n) is 9.97. The van der Waals surface area contributed by atoms with Gasteiger partial charge in [-0.2, -0.15) is 0 Å². The molecule has 0 spiro atoms. The van der Waals surface area contributed by atoms with E-state index in [1.54, 1.807) is 31.2 Å². The van der Waals surface area contributed by atoms with E-state index in [9.17, 15) is 14.4 Å². The number of halogens is 1. The molecule has 0 unspecified atom stereocenters. The number of hydrogen-bond donors (Lipinski definition) is 1. The molecule has 0 bridgehead atoms. The lowest BCUT2D eigenvalue weighted by atomic mass is 10.1. The maximum atomic E-state index is 13.0. The molecule has 4 rings (SSSR count). The SMILES string of the molecule is Cc1c(Cl)cccc1N1C(=O)NC(=O)/C(=C/c2ccc(N3CCCCCC3)o2)C1=O. The number of hydrogen-bond acceptors (Lipinski definition) is 5. The third-order valence-electron chi connectivity index (χ3n) is 5.40. The molecule has 2 saturated heterocycles. The summed E-state index contributed by atoms with van der Waals surface area (Å²) in [5.74, 6) is -0.383. The van der Waals surface area contributed by atoms with Crippen molar-refractivity contribution in [3.8, 4) is 0 Å². The zero-order chi connectivity index (χ0) is 21.3. The Morgan fingerprint density at radius 2 is 1.77 bits per heavy atom. The van der Waals surface area contributed by atoms with Gasteiger partial charge in [0.1, 0.15) is 11.3 Å². The number of benzene rings is 1. The van der Waals surface area contributed by atoms with Crippen LogP contribution in [0.25, 0.3) is 6.08 Å². The molecule has 3 heterocycles. The second kappa shape index (κ2) is 8.36. The van der Waals surface area contributed by atoms with E-state index in [0.717, 1.165) is 30.8 Å². The second-order valence-electron chi connectivity index (χ2n) is 7.42. The van der Waals surface area contributed by atoms with Crippen molar-refractivity contribution in [3.63, 3.8) is 0 Å². The molecule has 2 aromatic rings. The predicted octanol–water partition coefficient (Wildman–Crippen LogP) is 4.29. The summed E-state index contributed by atoms with van der Waals surface area (Å²) in [6.45, 7) is 3.54. The third kappa shape index (κ3) is 3.85. The molecule has 0 aliphatic carbocycles. The normalized spacial score (nSPS) is 19.3. The monoisotopic (exact) mass is 427 g/mol. The number of nitrogens with one attached hydrogen (secondary N) is 1. The van der Waals surface area contributed by atoms with Crippen LogP contribution in [0.4, 0.5) is 16.4 Å². The van der Waals surface area contributed by atoms with Crippen LogP contribution in [0.2, 0.25) is 5.02 Å². The van der Waals surface area contributed by atoms with Crippen molar-refractivity contribution in [3.05, 3.63) is 52.3 Å². The summed E-state index contributed by atoms with van der Waals surface area (Å²) in [6.07, 6.45) is 5.99. The van der Waals surface area contributed by atoms with Gasteiger partial charge in [-0.3, -0.25) is 14.9 Å².